The molecule has 1 fully saturated rings. The van der Waals surface area contributed by atoms with E-state index in [9.17, 15) is 0 Å². The van der Waals surface area contributed by atoms with Crippen LogP contribution in [-0.2, 0) is 0 Å². The van der Waals surface area contributed by atoms with E-state index < -0.39 is 0 Å². The standard InChI is InChI=1S/C15H32N2/c1-12(2)9-15(10-13(3)4)17-7-5-14(11-16)6-8-17/h12-15H,5-11,16H2,1-4H3. The van der Waals surface area contributed by atoms with Gasteiger partial charge >= 0.3 is 0 Å². The zero-order chi connectivity index (χ0) is 12.8. The van der Waals surface area contributed by atoms with Crippen LogP contribution < -0.4 is 5.73 Å². The minimum atomic E-state index is 0.782. The Balaban J connectivity index is 2.46. The van der Waals surface area contributed by atoms with Crippen molar-refractivity contribution in [3.8, 4) is 0 Å². The van der Waals surface area contributed by atoms with E-state index >= 15 is 0 Å². The van der Waals surface area contributed by atoms with E-state index in [0.29, 0.717) is 0 Å². The molecule has 1 heterocycles. The van der Waals surface area contributed by atoms with E-state index in [4.69, 9.17) is 5.73 Å². The third-order valence-electron chi connectivity index (χ3n) is 3.99. The van der Waals surface area contributed by atoms with Gasteiger partial charge in [0, 0.05) is 6.04 Å². The molecule has 1 rings (SSSR count). The van der Waals surface area contributed by atoms with Crippen LogP contribution in [0.3, 0.4) is 0 Å². The van der Waals surface area contributed by atoms with Gasteiger partial charge in [-0.3, -0.25) is 0 Å². The molecule has 102 valence electrons. The number of nitrogens with zero attached hydrogens (tertiary/aromatic N) is 1. The second kappa shape index (κ2) is 7.38. The van der Waals surface area contributed by atoms with Gasteiger partial charge in [-0.25, -0.2) is 0 Å². The van der Waals surface area contributed by atoms with Gasteiger partial charge in [0.1, 0.15) is 0 Å². The Morgan fingerprint density at radius 3 is 1.82 bits per heavy atom. The van der Waals surface area contributed by atoms with Crippen molar-refractivity contribution < 1.29 is 0 Å². The van der Waals surface area contributed by atoms with Crippen LogP contribution in [0.25, 0.3) is 0 Å². The molecule has 0 aromatic carbocycles. The van der Waals surface area contributed by atoms with Crippen molar-refractivity contribution in [2.24, 2.45) is 23.5 Å². The average molecular weight is 240 g/mol. The summed E-state index contributed by atoms with van der Waals surface area (Å²) in [5, 5.41) is 0. The van der Waals surface area contributed by atoms with Crippen molar-refractivity contribution in [1.82, 2.24) is 4.90 Å². The molecule has 2 nitrogen and oxygen atoms in total. The second-order valence-electron chi connectivity index (χ2n) is 6.63. The zero-order valence-corrected chi connectivity index (χ0v) is 12.3. The van der Waals surface area contributed by atoms with Crippen LogP contribution in [0.15, 0.2) is 0 Å². The Hall–Kier alpha value is -0.0800. The molecule has 1 aliphatic rings. The predicted octanol–water partition coefficient (Wildman–Crippen LogP) is 3.12. The van der Waals surface area contributed by atoms with Crippen molar-refractivity contribution in [3.05, 3.63) is 0 Å². The maximum absolute atomic E-state index is 5.77. The minimum absolute atomic E-state index is 0.782. The third-order valence-corrected chi connectivity index (χ3v) is 3.99. The first-order chi connectivity index (χ1) is 8.02. The first-order valence-corrected chi connectivity index (χ1v) is 7.47. The maximum Gasteiger partial charge on any atom is 0.0100 e. The fourth-order valence-electron chi connectivity index (χ4n) is 3.04. The predicted molar refractivity (Wildman–Crippen MR) is 76.0 cm³/mol. The van der Waals surface area contributed by atoms with E-state index in [2.05, 4.69) is 32.6 Å². The van der Waals surface area contributed by atoms with Gasteiger partial charge in [0.2, 0.25) is 0 Å². The molecular weight excluding hydrogens is 208 g/mol. The van der Waals surface area contributed by atoms with Crippen molar-refractivity contribution in [1.29, 1.82) is 0 Å². The molecule has 2 N–H and O–H groups in total. The smallest absolute Gasteiger partial charge is 0.0100 e. The second-order valence-corrected chi connectivity index (χ2v) is 6.63. The highest BCUT2D eigenvalue weighted by atomic mass is 15.2. The molecule has 1 saturated heterocycles. The number of nitrogens with two attached hydrogens (primary N) is 1. The lowest BCUT2D eigenvalue weighted by Gasteiger charge is -2.39. The molecule has 0 bridgehead atoms. The molecule has 0 aromatic heterocycles. The first kappa shape index (κ1) is 15.0. The molecule has 0 spiro atoms. The normalized spacial score (nSPS) is 19.8. The lowest BCUT2D eigenvalue weighted by Crippen LogP contribution is -2.43. The van der Waals surface area contributed by atoms with E-state index in [1.54, 1.807) is 0 Å². The number of hydrogen-bond acceptors (Lipinski definition) is 2. The number of rotatable bonds is 6. The fourth-order valence-corrected chi connectivity index (χ4v) is 3.04. The van der Waals surface area contributed by atoms with Crippen molar-refractivity contribution >= 4 is 0 Å². The van der Waals surface area contributed by atoms with Crippen LogP contribution in [0.2, 0.25) is 0 Å². The van der Waals surface area contributed by atoms with E-state index in [-0.39, 0.29) is 0 Å². The molecule has 0 unspecified atom stereocenters. The molecule has 0 aromatic rings. The molecule has 0 aliphatic carbocycles. The Morgan fingerprint density at radius 1 is 1.00 bits per heavy atom. The van der Waals surface area contributed by atoms with Gasteiger partial charge < -0.3 is 10.6 Å². The Morgan fingerprint density at radius 2 is 1.47 bits per heavy atom. The summed E-state index contributed by atoms with van der Waals surface area (Å²) in [5.74, 6) is 2.40. The fraction of sp³-hybridized carbons (Fsp3) is 1.00. The molecular formula is C15H32N2. The lowest BCUT2D eigenvalue weighted by atomic mass is 9.90. The van der Waals surface area contributed by atoms with Gasteiger partial charge in [-0.2, -0.15) is 0 Å². The Bertz CT molecular complexity index is 183. The summed E-state index contributed by atoms with van der Waals surface area (Å²) in [4.78, 5) is 2.73. The Labute approximate surface area is 108 Å². The number of likely N-dealkylation sites (tertiary alicyclic amines) is 1. The third kappa shape index (κ3) is 5.39. The van der Waals surface area contributed by atoms with Crippen LogP contribution in [0.1, 0.15) is 53.4 Å². The lowest BCUT2D eigenvalue weighted by molar-refractivity contribution is 0.106. The summed E-state index contributed by atoms with van der Waals surface area (Å²) in [6.45, 7) is 12.8. The van der Waals surface area contributed by atoms with E-state index in [0.717, 1.165) is 30.3 Å². The van der Waals surface area contributed by atoms with Crippen LogP contribution in [0.5, 0.6) is 0 Å². The minimum Gasteiger partial charge on any atom is -0.330 e. The van der Waals surface area contributed by atoms with Crippen LogP contribution in [-0.4, -0.2) is 30.6 Å². The van der Waals surface area contributed by atoms with Gasteiger partial charge in [0.25, 0.3) is 0 Å². The number of hydrogen-bond donors (Lipinski definition) is 1. The molecule has 1 aliphatic heterocycles. The van der Waals surface area contributed by atoms with Crippen LogP contribution in [0, 0.1) is 17.8 Å². The maximum atomic E-state index is 5.77. The summed E-state index contributed by atoms with van der Waals surface area (Å²) in [6, 6.07) is 0.800. The van der Waals surface area contributed by atoms with Gasteiger partial charge in [-0.1, -0.05) is 27.7 Å². The zero-order valence-electron chi connectivity index (χ0n) is 12.3. The molecule has 0 amide bonds. The highest BCUT2D eigenvalue weighted by Gasteiger charge is 2.25. The first-order valence-electron chi connectivity index (χ1n) is 7.47. The van der Waals surface area contributed by atoms with Gasteiger partial charge in [0.15, 0.2) is 0 Å². The topological polar surface area (TPSA) is 29.3 Å². The molecule has 17 heavy (non-hydrogen) atoms. The largest absolute Gasteiger partial charge is 0.330 e. The SMILES string of the molecule is CC(C)CC(CC(C)C)N1CCC(CN)CC1. The quantitative estimate of drug-likeness (QED) is 0.773. The van der Waals surface area contributed by atoms with Crippen molar-refractivity contribution in [2.75, 3.05) is 19.6 Å². The van der Waals surface area contributed by atoms with Gasteiger partial charge in [-0.15, -0.1) is 0 Å². The monoisotopic (exact) mass is 240 g/mol. The molecule has 0 radical (unpaired) electrons. The summed E-state index contributed by atoms with van der Waals surface area (Å²) in [6.07, 6.45) is 5.32. The molecule has 2 heteroatoms. The van der Waals surface area contributed by atoms with Crippen LogP contribution in [0.4, 0.5) is 0 Å². The Kier molecular flexibility index (Phi) is 6.50. The highest BCUT2D eigenvalue weighted by molar-refractivity contribution is 4.80. The van der Waals surface area contributed by atoms with Crippen molar-refractivity contribution in [3.63, 3.8) is 0 Å². The average Bonchev–Trinajstić information content (AvgIpc) is 2.27. The summed E-state index contributed by atoms with van der Waals surface area (Å²) >= 11 is 0. The highest BCUT2D eigenvalue weighted by Crippen LogP contribution is 2.24. The van der Waals surface area contributed by atoms with Crippen LogP contribution >= 0.6 is 0 Å². The van der Waals surface area contributed by atoms with Crippen molar-refractivity contribution in [2.45, 2.75) is 59.4 Å². The van der Waals surface area contributed by atoms with Gasteiger partial charge in [-0.05, 0) is 63.1 Å². The number of piperidine rings is 1. The summed E-state index contributed by atoms with van der Waals surface area (Å²) in [7, 11) is 0. The summed E-state index contributed by atoms with van der Waals surface area (Å²) < 4.78 is 0. The van der Waals surface area contributed by atoms with E-state index in [1.807, 2.05) is 0 Å². The molecule has 0 saturated carbocycles. The van der Waals surface area contributed by atoms with Gasteiger partial charge in [0.05, 0.1) is 0 Å². The summed E-state index contributed by atoms with van der Waals surface area (Å²) in [5.41, 5.74) is 5.77. The molecule has 0 atom stereocenters. The van der Waals surface area contributed by atoms with E-state index in [1.165, 1.54) is 38.8 Å².